The smallest absolute Gasteiger partial charge is 0.326 e. The van der Waals surface area contributed by atoms with Gasteiger partial charge in [-0.05, 0) is 54.7 Å². The molecule has 2 heterocycles. The third-order valence-corrected chi connectivity index (χ3v) is 8.83. The second kappa shape index (κ2) is 12.7. The van der Waals surface area contributed by atoms with Crippen molar-refractivity contribution in [2.45, 2.75) is 44.4 Å². The number of hydrogen-bond acceptors (Lipinski definition) is 7. The number of esters is 2. The van der Waals surface area contributed by atoms with Crippen LogP contribution >= 0.6 is 0 Å². The number of benzene rings is 2. The van der Waals surface area contributed by atoms with Crippen molar-refractivity contribution in [1.82, 2.24) is 9.88 Å². The number of hydrogen-bond donors (Lipinski definition) is 1. The molecule has 5 atom stereocenters. The Morgan fingerprint density at radius 1 is 1.15 bits per heavy atom. The summed E-state index contributed by atoms with van der Waals surface area (Å²) < 4.78 is 17.3. The SMILES string of the molecule is C=CCOC(=O)C1(C(=O)OC)C(OCc2ccccc2)CCC2CN(CCc3c[nH]c4ccccc34)C(C#N)CC21. The van der Waals surface area contributed by atoms with E-state index in [0.717, 1.165) is 23.9 Å². The standard InChI is InChI=1S/C33H37N3O5/c1-3-17-40-32(38)33(31(37)39-2)28-18-26(19-34)36(16-15-24-20-35-29-12-8-7-11-27(24)29)21-25(28)13-14-30(33)41-22-23-9-5-4-6-10-23/h3-12,20,25-26,28,30,35H,1,13-18,21-22H2,2H3. The Hall–Kier alpha value is -3.93. The number of nitriles is 1. The molecule has 2 aromatic carbocycles. The molecule has 1 aliphatic carbocycles. The van der Waals surface area contributed by atoms with Crippen LogP contribution in [-0.2, 0) is 36.8 Å². The number of rotatable bonds is 10. The van der Waals surface area contributed by atoms with Crippen LogP contribution in [0.15, 0.2) is 73.4 Å². The first-order valence-electron chi connectivity index (χ1n) is 14.2. The first-order valence-corrected chi connectivity index (χ1v) is 14.2. The molecule has 1 N–H and O–H groups in total. The lowest BCUT2D eigenvalue weighted by molar-refractivity contribution is -0.206. The van der Waals surface area contributed by atoms with Crippen molar-refractivity contribution in [3.63, 3.8) is 0 Å². The van der Waals surface area contributed by atoms with E-state index < -0.39 is 35.4 Å². The van der Waals surface area contributed by atoms with E-state index in [1.807, 2.05) is 48.7 Å². The average molecular weight is 556 g/mol. The molecule has 0 radical (unpaired) electrons. The van der Waals surface area contributed by atoms with Crippen molar-refractivity contribution in [3.05, 3.63) is 84.6 Å². The average Bonchev–Trinajstić information content (AvgIpc) is 3.43. The quantitative estimate of drug-likeness (QED) is 0.218. The molecule has 2 aliphatic rings. The van der Waals surface area contributed by atoms with E-state index in [1.54, 1.807) is 0 Å². The highest BCUT2D eigenvalue weighted by Gasteiger charge is 2.65. The maximum absolute atomic E-state index is 13.9. The lowest BCUT2D eigenvalue weighted by Crippen LogP contribution is -2.64. The number of aromatic amines is 1. The molecule has 41 heavy (non-hydrogen) atoms. The Balaban J connectivity index is 1.42. The summed E-state index contributed by atoms with van der Waals surface area (Å²) in [6, 6.07) is 19.8. The van der Waals surface area contributed by atoms with Crippen LogP contribution in [0.4, 0.5) is 0 Å². The Bertz CT molecular complexity index is 1410. The van der Waals surface area contributed by atoms with E-state index in [0.29, 0.717) is 25.9 Å². The lowest BCUT2D eigenvalue weighted by atomic mass is 9.56. The molecule has 5 rings (SSSR count). The van der Waals surface area contributed by atoms with Crippen LogP contribution < -0.4 is 0 Å². The number of fused-ring (bicyclic) bond motifs is 2. The molecule has 3 aromatic rings. The molecule has 8 nitrogen and oxygen atoms in total. The van der Waals surface area contributed by atoms with Crippen LogP contribution in [0.25, 0.3) is 10.9 Å². The van der Waals surface area contributed by atoms with Crippen LogP contribution in [0.1, 0.15) is 30.4 Å². The number of aromatic nitrogens is 1. The van der Waals surface area contributed by atoms with Gasteiger partial charge in [0.2, 0.25) is 0 Å². The normalized spacial score (nSPS) is 26.0. The van der Waals surface area contributed by atoms with E-state index in [4.69, 9.17) is 14.2 Å². The van der Waals surface area contributed by atoms with Gasteiger partial charge in [-0.15, -0.1) is 0 Å². The minimum Gasteiger partial charge on any atom is -0.468 e. The number of nitrogens with one attached hydrogen (secondary N) is 1. The minimum atomic E-state index is -1.67. The predicted molar refractivity (Wildman–Crippen MR) is 154 cm³/mol. The Morgan fingerprint density at radius 2 is 1.93 bits per heavy atom. The minimum absolute atomic E-state index is 0.00507. The zero-order valence-electron chi connectivity index (χ0n) is 23.5. The zero-order valence-corrected chi connectivity index (χ0v) is 23.5. The summed E-state index contributed by atoms with van der Waals surface area (Å²) in [7, 11) is 1.29. The van der Waals surface area contributed by atoms with Gasteiger partial charge in [0.25, 0.3) is 0 Å². The van der Waals surface area contributed by atoms with Crippen LogP contribution in [0.3, 0.4) is 0 Å². The zero-order chi connectivity index (χ0) is 28.8. The molecule has 214 valence electrons. The number of carbonyl (C=O) groups excluding carboxylic acids is 2. The predicted octanol–water partition coefficient (Wildman–Crippen LogP) is 4.81. The number of H-pyrrole nitrogens is 1. The van der Waals surface area contributed by atoms with Gasteiger partial charge < -0.3 is 19.2 Å². The summed E-state index contributed by atoms with van der Waals surface area (Å²) in [6.45, 7) is 5.18. The number of carbonyl (C=O) groups is 2. The molecular weight excluding hydrogens is 518 g/mol. The largest absolute Gasteiger partial charge is 0.468 e. The number of ether oxygens (including phenoxy) is 3. The van der Waals surface area contributed by atoms with Crippen molar-refractivity contribution < 1.29 is 23.8 Å². The van der Waals surface area contributed by atoms with E-state index in [-0.39, 0.29) is 19.1 Å². The fourth-order valence-electron chi connectivity index (χ4n) is 6.86. The molecule has 0 bridgehead atoms. The Morgan fingerprint density at radius 3 is 2.68 bits per heavy atom. The highest BCUT2D eigenvalue weighted by molar-refractivity contribution is 6.01. The van der Waals surface area contributed by atoms with Gasteiger partial charge in [-0.25, -0.2) is 0 Å². The molecule has 2 fully saturated rings. The van der Waals surface area contributed by atoms with Crippen molar-refractivity contribution >= 4 is 22.8 Å². The van der Waals surface area contributed by atoms with Crippen LogP contribution in [0, 0.1) is 28.6 Å². The van der Waals surface area contributed by atoms with Gasteiger partial charge in [-0.1, -0.05) is 61.2 Å². The van der Waals surface area contributed by atoms with E-state index in [1.165, 1.54) is 24.1 Å². The Kier molecular flexibility index (Phi) is 8.87. The Labute approximate surface area is 240 Å². The molecule has 0 spiro atoms. The van der Waals surface area contributed by atoms with Crippen LogP contribution in [0.2, 0.25) is 0 Å². The molecule has 1 aromatic heterocycles. The topological polar surface area (TPSA) is 105 Å². The second-order valence-corrected chi connectivity index (χ2v) is 11.0. The summed E-state index contributed by atoms with van der Waals surface area (Å²) in [5.41, 5.74) is 1.56. The highest BCUT2D eigenvalue weighted by atomic mass is 16.6. The van der Waals surface area contributed by atoms with Gasteiger partial charge in [0.1, 0.15) is 6.61 Å². The van der Waals surface area contributed by atoms with Crippen molar-refractivity contribution in [2.75, 3.05) is 26.8 Å². The molecule has 5 unspecified atom stereocenters. The monoisotopic (exact) mass is 555 g/mol. The summed E-state index contributed by atoms with van der Waals surface area (Å²) in [6.07, 6.45) is 5.16. The summed E-state index contributed by atoms with van der Waals surface area (Å²) >= 11 is 0. The molecule has 1 saturated heterocycles. The van der Waals surface area contributed by atoms with E-state index in [2.05, 4.69) is 34.7 Å². The van der Waals surface area contributed by atoms with Crippen LogP contribution in [-0.4, -0.2) is 60.8 Å². The van der Waals surface area contributed by atoms with Gasteiger partial charge >= 0.3 is 11.9 Å². The molecule has 1 saturated carbocycles. The first kappa shape index (κ1) is 28.6. The maximum atomic E-state index is 13.9. The van der Waals surface area contributed by atoms with Gasteiger partial charge in [-0.3, -0.25) is 14.5 Å². The maximum Gasteiger partial charge on any atom is 0.326 e. The van der Waals surface area contributed by atoms with Crippen molar-refractivity contribution in [3.8, 4) is 6.07 Å². The van der Waals surface area contributed by atoms with Gasteiger partial charge in [0, 0.05) is 30.2 Å². The van der Waals surface area contributed by atoms with Crippen molar-refractivity contribution in [2.24, 2.45) is 17.3 Å². The number of piperidine rings is 1. The van der Waals surface area contributed by atoms with E-state index >= 15 is 0 Å². The molecule has 0 amide bonds. The molecule has 1 aliphatic heterocycles. The summed E-state index contributed by atoms with van der Waals surface area (Å²) in [5, 5.41) is 11.5. The number of likely N-dealkylation sites (tertiary alicyclic amines) is 1. The van der Waals surface area contributed by atoms with Gasteiger partial charge in [-0.2, -0.15) is 5.26 Å². The summed E-state index contributed by atoms with van der Waals surface area (Å²) in [5.74, 6) is -1.80. The van der Waals surface area contributed by atoms with E-state index in [9.17, 15) is 14.9 Å². The fourth-order valence-corrected chi connectivity index (χ4v) is 6.86. The third kappa shape index (κ3) is 5.52. The van der Waals surface area contributed by atoms with Gasteiger partial charge in [0.15, 0.2) is 5.41 Å². The molecular formula is C33H37N3O5. The number of nitrogens with zero attached hydrogens (tertiary/aromatic N) is 2. The lowest BCUT2D eigenvalue weighted by Gasteiger charge is -2.53. The third-order valence-electron chi connectivity index (χ3n) is 8.83. The first-order chi connectivity index (χ1) is 20.0. The van der Waals surface area contributed by atoms with Crippen molar-refractivity contribution in [1.29, 1.82) is 5.26 Å². The second-order valence-electron chi connectivity index (χ2n) is 11.0. The highest BCUT2D eigenvalue weighted by Crippen LogP contribution is 2.52. The fraction of sp³-hybridized carbons (Fsp3) is 0.424. The number of methoxy groups -OCH3 is 1. The van der Waals surface area contributed by atoms with Gasteiger partial charge in [0.05, 0.1) is 31.9 Å². The molecule has 8 heteroatoms. The summed E-state index contributed by atoms with van der Waals surface area (Å²) in [4.78, 5) is 33.1. The van der Waals surface area contributed by atoms with Crippen LogP contribution in [0.5, 0.6) is 0 Å². The number of para-hydroxylation sites is 1.